The topological polar surface area (TPSA) is 38.3 Å². The van der Waals surface area contributed by atoms with Crippen LogP contribution in [0.25, 0.3) is 0 Å². The number of alkyl carbamates (subject to hydrolysis) is 1. The highest BCUT2D eigenvalue weighted by atomic mass is 32.2. The van der Waals surface area contributed by atoms with E-state index in [0.29, 0.717) is 6.54 Å². The van der Waals surface area contributed by atoms with Crippen molar-refractivity contribution in [3.63, 3.8) is 0 Å². The number of carbonyl (C=O) groups is 1. The summed E-state index contributed by atoms with van der Waals surface area (Å²) in [5.74, 6) is 1.70. The number of thioether (sulfide) groups is 2. The number of ether oxygens (including phenoxy) is 1. The van der Waals surface area contributed by atoms with Crippen molar-refractivity contribution in [1.82, 2.24) is 5.32 Å². The van der Waals surface area contributed by atoms with E-state index >= 15 is 0 Å². The van der Waals surface area contributed by atoms with Crippen LogP contribution >= 0.6 is 23.5 Å². The fourth-order valence-corrected chi connectivity index (χ4v) is 5.58. The highest BCUT2D eigenvalue weighted by molar-refractivity contribution is 8.03. The molecule has 0 aromatic heterocycles. The molecule has 0 aliphatic rings. The van der Waals surface area contributed by atoms with Gasteiger partial charge in [-0.25, -0.2) is 4.79 Å². The van der Waals surface area contributed by atoms with Crippen LogP contribution in [0.1, 0.15) is 37.5 Å². The van der Waals surface area contributed by atoms with Gasteiger partial charge < -0.3 is 10.1 Å². The molecule has 3 aromatic carbocycles. The van der Waals surface area contributed by atoms with Crippen LogP contribution in [0.2, 0.25) is 0 Å². The molecule has 34 heavy (non-hydrogen) atoms. The Balaban J connectivity index is 1.69. The lowest BCUT2D eigenvalue weighted by atomic mass is 9.84. The van der Waals surface area contributed by atoms with Gasteiger partial charge in [-0.2, -0.15) is 11.8 Å². The number of hydrogen-bond acceptors (Lipinski definition) is 4. The molecule has 0 saturated heterocycles. The molecule has 178 valence electrons. The van der Waals surface area contributed by atoms with Crippen molar-refractivity contribution >= 4 is 29.6 Å². The largest absolute Gasteiger partial charge is 0.444 e. The average Bonchev–Trinajstić information content (AvgIpc) is 2.84. The monoisotopic (exact) mass is 491 g/mol. The lowest BCUT2D eigenvalue weighted by Crippen LogP contribution is -2.33. The van der Waals surface area contributed by atoms with Crippen LogP contribution in [0.3, 0.4) is 0 Å². The van der Waals surface area contributed by atoms with Gasteiger partial charge in [-0.05, 0) is 42.9 Å². The molecule has 0 unspecified atom stereocenters. The number of carbonyl (C=O) groups excluding carboxylic acids is 1. The van der Waals surface area contributed by atoms with E-state index in [9.17, 15) is 4.79 Å². The summed E-state index contributed by atoms with van der Waals surface area (Å²) < 4.78 is 4.93. The summed E-state index contributed by atoms with van der Waals surface area (Å²) in [6, 6.07) is 32.1. The molecule has 0 bridgehead atoms. The molecule has 0 saturated carbocycles. The van der Waals surface area contributed by atoms with Crippen molar-refractivity contribution in [3.8, 4) is 0 Å². The van der Waals surface area contributed by atoms with Gasteiger partial charge in [0, 0.05) is 18.1 Å². The van der Waals surface area contributed by atoms with Crippen LogP contribution in [0.4, 0.5) is 4.79 Å². The Bertz CT molecular complexity index is 935. The van der Waals surface area contributed by atoms with Gasteiger partial charge in [0.2, 0.25) is 0 Å². The molecule has 3 nitrogen and oxygen atoms in total. The van der Waals surface area contributed by atoms with Gasteiger partial charge in [0.1, 0.15) is 5.60 Å². The Morgan fingerprint density at radius 1 is 0.824 bits per heavy atom. The van der Waals surface area contributed by atoms with Crippen molar-refractivity contribution in [3.05, 3.63) is 119 Å². The molecule has 3 aromatic rings. The summed E-state index contributed by atoms with van der Waals surface area (Å²) in [6.45, 7) is 6.18. The molecule has 0 aliphatic carbocycles. The Kier molecular flexibility index (Phi) is 9.73. The quantitative estimate of drug-likeness (QED) is 0.236. The molecule has 5 heteroatoms. The Morgan fingerprint density at radius 2 is 1.29 bits per heavy atom. The van der Waals surface area contributed by atoms with E-state index in [0.717, 1.165) is 11.5 Å². The SMILES string of the molecule is CC(C)(C)OC(=O)NCCSC/C=C\SC(c1ccccc1)(c1ccccc1)c1ccccc1. The first-order valence-corrected chi connectivity index (χ1v) is 13.5. The van der Waals surface area contributed by atoms with Crippen LogP contribution in [0, 0.1) is 0 Å². The molecule has 0 radical (unpaired) electrons. The van der Waals surface area contributed by atoms with Crippen LogP contribution < -0.4 is 5.32 Å². The first kappa shape index (κ1) is 26.0. The number of nitrogens with one attached hydrogen (secondary N) is 1. The summed E-state index contributed by atoms with van der Waals surface area (Å²) in [7, 11) is 0. The van der Waals surface area contributed by atoms with E-state index in [-0.39, 0.29) is 10.8 Å². The maximum absolute atomic E-state index is 11.7. The second kappa shape index (κ2) is 12.7. The van der Waals surface area contributed by atoms with E-state index in [4.69, 9.17) is 4.74 Å². The van der Waals surface area contributed by atoms with Gasteiger partial charge in [-0.1, -0.05) is 97.1 Å². The molecular formula is C29H33NO2S2. The number of hydrogen-bond donors (Lipinski definition) is 1. The Labute approximate surface area is 212 Å². The van der Waals surface area contributed by atoms with Crippen LogP contribution in [0.5, 0.6) is 0 Å². The smallest absolute Gasteiger partial charge is 0.407 e. The molecule has 0 heterocycles. The standard InChI is InChI=1S/C29H33NO2S2/c1-28(2,3)32-27(31)30-20-23-33-21-13-22-34-29(24-14-7-4-8-15-24,25-16-9-5-10-17-25)26-18-11-6-12-19-26/h4-19,22H,20-21,23H2,1-3H3,(H,30,31)/b22-13-. The minimum absolute atomic E-state index is 0.344. The molecule has 1 amide bonds. The van der Waals surface area contributed by atoms with Crippen LogP contribution in [0.15, 0.2) is 102 Å². The van der Waals surface area contributed by atoms with E-state index in [1.54, 1.807) is 11.8 Å². The minimum Gasteiger partial charge on any atom is -0.444 e. The lowest BCUT2D eigenvalue weighted by molar-refractivity contribution is 0.0531. The zero-order valence-corrected chi connectivity index (χ0v) is 21.7. The van der Waals surface area contributed by atoms with Crippen molar-refractivity contribution in [2.45, 2.75) is 31.1 Å². The van der Waals surface area contributed by atoms with Crippen LogP contribution in [-0.4, -0.2) is 29.7 Å². The van der Waals surface area contributed by atoms with Crippen molar-refractivity contribution in [2.75, 3.05) is 18.1 Å². The van der Waals surface area contributed by atoms with Gasteiger partial charge >= 0.3 is 6.09 Å². The van der Waals surface area contributed by atoms with Gasteiger partial charge in [0.25, 0.3) is 0 Å². The average molecular weight is 492 g/mol. The summed E-state index contributed by atoms with van der Waals surface area (Å²) in [5, 5.41) is 5.02. The second-order valence-electron chi connectivity index (χ2n) is 8.77. The minimum atomic E-state index is -0.472. The zero-order chi connectivity index (χ0) is 24.3. The van der Waals surface area contributed by atoms with E-state index in [2.05, 4.69) is 108 Å². The molecule has 0 spiro atoms. The van der Waals surface area contributed by atoms with E-state index in [1.807, 2.05) is 32.5 Å². The highest BCUT2D eigenvalue weighted by Gasteiger charge is 2.36. The summed E-state index contributed by atoms with van der Waals surface area (Å²) in [6.07, 6.45) is 1.84. The van der Waals surface area contributed by atoms with Gasteiger partial charge in [-0.3, -0.25) is 0 Å². The Morgan fingerprint density at radius 3 is 1.74 bits per heavy atom. The normalized spacial score (nSPS) is 12.0. The van der Waals surface area contributed by atoms with E-state index < -0.39 is 5.60 Å². The number of rotatable bonds is 10. The first-order valence-electron chi connectivity index (χ1n) is 11.5. The maximum atomic E-state index is 11.7. The van der Waals surface area contributed by atoms with Gasteiger partial charge in [0.05, 0.1) is 4.75 Å². The third-order valence-corrected chi connectivity index (χ3v) is 7.32. The lowest BCUT2D eigenvalue weighted by Gasteiger charge is -2.34. The third kappa shape index (κ3) is 7.44. The molecular weight excluding hydrogens is 458 g/mol. The molecule has 0 fully saturated rings. The van der Waals surface area contributed by atoms with Crippen molar-refractivity contribution in [2.24, 2.45) is 0 Å². The predicted octanol–water partition coefficient (Wildman–Crippen LogP) is 7.48. The molecule has 0 atom stereocenters. The summed E-state index contributed by atoms with van der Waals surface area (Å²) >= 11 is 3.60. The summed E-state index contributed by atoms with van der Waals surface area (Å²) in [4.78, 5) is 11.7. The predicted molar refractivity (Wildman–Crippen MR) is 148 cm³/mol. The Hall–Kier alpha value is -2.63. The molecule has 0 aliphatic heterocycles. The van der Waals surface area contributed by atoms with Crippen LogP contribution in [-0.2, 0) is 9.48 Å². The fraction of sp³-hybridized carbons (Fsp3) is 0.276. The third-order valence-electron chi connectivity index (χ3n) is 5.01. The zero-order valence-electron chi connectivity index (χ0n) is 20.1. The van der Waals surface area contributed by atoms with Crippen molar-refractivity contribution < 1.29 is 9.53 Å². The van der Waals surface area contributed by atoms with Crippen molar-refractivity contribution in [1.29, 1.82) is 0 Å². The second-order valence-corrected chi connectivity index (χ2v) is 11.0. The number of amides is 1. The van der Waals surface area contributed by atoms with Gasteiger partial charge in [0.15, 0.2) is 0 Å². The molecule has 1 N–H and O–H groups in total. The van der Waals surface area contributed by atoms with E-state index in [1.165, 1.54) is 16.7 Å². The fourth-order valence-electron chi connectivity index (χ4n) is 3.60. The summed E-state index contributed by atoms with van der Waals surface area (Å²) in [5.41, 5.74) is 3.27. The highest BCUT2D eigenvalue weighted by Crippen LogP contribution is 2.48. The van der Waals surface area contributed by atoms with Gasteiger partial charge in [-0.15, -0.1) is 11.8 Å². The maximum Gasteiger partial charge on any atom is 0.407 e. The number of benzene rings is 3. The first-order chi connectivity index (χ1) is 16.4. The molecule has 3 rings (SSSR count).